The third kappa shape index (κ3) is 7.04. The van der Waals surface area contributed by atoms with E-state index in [1.807, 2.05) is 6.08 Å². The molecule has 0 atom stereocenters. The van der Waals surface area contributed by atoms with Gasteiger partial charge < -0.3 is 4.79 Å². The number of rotatable bonds is 5. The molecule has 0 saturated carbocycles. The Morgan fingerprint density at radius 2 is 2.09 bits per heavy atom. The Bertz CT molecular complexity index is 166. The predicted molar refractivity (Wildman–Crippen MR) is 48.5 cm³/mol. The molecule has 0 rings (SSSR count). The number of allylic oxidation sites excluding steroid dienone is 3. The quantitative estimate of drug-likeness (QED) is 0.553. The van der Waals surface area contributed by atoms with Crippen LogP contribution in [0.15, 0.2) is 24.3 Å². The van der Waals surface area contributed by atoms with Crippen molar-refractivity contribution in [2.45, 2.75) is 33.1 Å². The molecule has 0 amide bonds. The highest BCUT2D eigenvalue weighted by atomic mass is 16.1. The number of ketones is 1. The minimum atomic E-state index is 0.257. The first-order valence-corrected chi connectivity index (χ1v) is 3.92. The maximum atomic E-state index is 10.5. The van der Waals surface area contributed by atoms with Crippen LogP contribution in [0.3, 0.4) is 0 Å². The molecular weight excluding hydrogens is 136 g/mol. The Morgan fingerprint density at radius 1 is 1.45 bits per heavy atom. The van der Waals surface area contributed by atoms with Crippen LogP contribution in [0.1, 0.15) is 33.1 Å². The number of Topliss-reactive ketones (excluding diaryl/α,β-unsaturated/α-hetero) is 1. The lowest BCUT2D eigenvalue weighted by molar-refractivity contribution is -0.116. The second kappa shape index (κ2) is 5.90. The first-order chi connectivity index (χ1) is 5.16. The fourth-order valence-electron chi connectivity index (χ4n) is 0.833. The Hall–Kier alpha value is -0.850. The Morgan fingerprint density at radius 3 is 2.55 bits per heavy atom. The summed E-state index contributed by atoms with van der Waals surface area (Å²) < 4.78 is 0. The predicted octanol–water partition coefficient (Wildman–Crippen LogP) is 2.88. The molecule has 0 aliphatic carbocycles. The molecule has 0 N–H and O–H groups in total. The number of carbonyl (C=O) groups excluding carboxylic acids is 1. The van der Waals surface area contributed by atoms with Crippen LogP contribution in [-0.2, 0) is 4.79 Å². The highest BCUT2D eigenvalue weighted by molar-refractivity contribution is 5.75. The molecule has 11 heavy (non-hydrogen) atoms. The van der Waals surface area contributed by atoms with Crippen molar-refractivity contribution in [3.05, 3.63) is 24.3 Å². The Kier molecular flexibility index (Phi) is 5.44. The van der Waals surface area contributed by atoms with Crippen molar-refractivity contribution in [2.24, 2.45) is 0 Å². The van der Waals surface area contributed by atoms with Gasteiger partial charge in [-0.25, -0.2) is 0 Å². The van der Waals surface area contributed by atoms with Gasteiger partial charge in [-0.05, 0) is 26.7 Å². The average Bonchev–Trinajstić information content (AvgIpc) is 1.87. The van der Waals surface area contributed by atoms with E-state index in [0.29, 0.717) is 6.42 Å². The van der Waals surface area contributed by atoms with Crippen molar-refractivity contribution in [1.29, 1.82) is 0 Å². The molecule has 0 fully saturated rings. The van der Waals surface area contributed by atoms with Gasteiger partial charge in [-0.1, -0.05) is 17.7 Å². The molecule has 0 aliphatic heterocycles. The van der Waals surface area contributed by atoms with E-state index in [4.69, 9.17) is 0 Å². The van der Waals surface area contributed by atoms with E-state index >= 15 is 0 Å². The lowest BCUT2D eigenvalue weighted by atomic mass is 10.1. The van der Waals surface area contributed by atoms with E-state index in [2.05, 4.69) is 19.6 Å². The summed E-state index contributed by atoms with van der Waals surface area (Å²) in [6.45, 7) is 7.32. The first-order valence-electron chi connectivity index (χ1n) is 3.92. The van der Waals surface area contributed by atoms with Crippen LogP contribution in [0.5, 0.6) is 0 Å². The zero-order chi connectivity index (χ0) is 8.69. The van der Waals surface area contributed by atoms with E-state index in [-0.39, 0.29) is 5.78 Å². The van der Waals surface area contributed by atoms with Gasteiger partial charge in [-0.3, -0.25) is 0 Å². The summed E-state index contributed by atoms with van der Waals surface area (Å²) in [6.07, 6.45) is 6.43. The van der Waals surface area contributed by atoms with E-state index < -0.39 is 0 Å². The molecule has 0 aromatic carbocycles. The van der Waals surface area contributed by atoms with Crippen molar-refractivity contribution in [1.82, 2.24) is 0 Å². The zero-order valence-electron chi connectivity index (χ0n) is 7.39. The van der Waals surface area contributed by atoms with E-state index in [9.17, 15) is 4.79 Å². The SMILES string of the molecule is C=CC/C(C)=C\CCC(C)=O. The van der Waals surface area contributed by atoms with E-state index in [1.54, 1.807) is 6.92 Å². The van der Waals surface area contributed by atoms with Gasteiger partial charge in [0, 0.05) is 6.42 Å². The van der Waals surface area contributed by atoms with Crippen LogP contribution in [0.2, 0.25) is 0 Å². The monoisotopic (exact) mass is 152 g/mol. The molecule has 0 bridgehead atoms. The average molecular weight is 152 g/mol. The molecule has 1 heteroatoms. The van der Waals surface area contributed by atoms with Crippen LogP contribution in [0, 0.1) is 0 Å². The third-order valence-corrected chi connectivity index (χ3v) is 1.46. The molecule has 0 aromatic rings. The fraction of sp³-hybridized carbons (Fsp3) is 0.500. The second-order valence-corrected chi connectivity index (χ2v) is 2.78. The van der Waals surface area contributed by atoms with Gasteiger partial charge in [0.15, 0.2) is 0 Å². The normalized spacial score (nSPS) is 11.3. The van der Waals surface area contributed by atoms with E-state index in [1.165, 1.54) is 5.57 Å². The lowest BCUT2D eigenvalue weighted by Gasteiger charge is -1.94. The number of hydrogen-bond donors (Lipinski definition) is 0. The molecular formula is C10H16O. The summed E-state index contributed by atoms with van der Waals surface area (Å²) in [7, 11) is 0. The number of hydrogen-bond acceptors (Lipinski definition) is 1. The van der Waals surface area contributed by atoms with Crippen molar-refractivity contribution in [3.63, 3.8) is 0 Å². The molecule has 0 aliphatic rings. The molecule has 0 aromatic heterocycles. The van der Waals surface area contributed by atoms with Gasteiger partial charge in [0.1, 0.15) is 5.78 Å². The molecule has 1 nitrogen and oxygen atoms in total. The minimum Gasteiger partial charge on any atom is -0.300 e. The maximum absolute atomic E-state index is 10.5. The third-order valence-electron chi connectivity index (χ3n) is 1.46. The molecule has 0 radical (unpaired) electrons. The van der Waals surface area contributed by atoms with Crippen molar-refractivity contribution in [2.75, 3.05) is 0 Å². The largest absolute Gasteiger partial charge is 0.300 e. The Balaban J connectivity index is 3.55. The number of carbonyl (C=O) groups is 1. The van der Waals surface area contributed by atoms with Crippen molar-refractivity contribution >= 4 is 5.78 Å². The van der Waals surface area contributed by atoms with Crippen LogP contribution in [0.4, 0.5) is 0 Å². The fourth-order valence-corrected chi connectivity index (χ4v) is 0.833. The highest BCUT2D eigenvalue weighted by Gasteiger charge is 1.90. The highest BCUT2D eigenvalue weighted by Crippen LogP contribution is 2.03. The molecule has 0 saturated heterocycles. The summed E-state index contributed by atoms with van der Waals surface area (Å²) in [6, 6.07) is 0. The molecule has 0 heterocycles. The lowest BCUT2D eigenvalue weighted by Crippen LogP contribution is -1.87. The van der Waals surface area contributed by atoms with Gasteiger partial charge in [0.25, 0.3) is 0 Å². The smallest absolute Gasteiger partial charge is 0.130 e. The van der Waals surface area contributed by atoms with Gasteiger partial charge in [-0.2, -0.15) is 0 Å². The summed E-state index contributed by atoms with van der Waals surface area (Å²) in [5.74, 6) is 0.257. The van der Waals surface area contributed by atoms with Gasteiger partial charge in [0.05, 0.1) is 0 Å². The van der Waals surface area contributed by atoms with Gasteiger partial charge in [-0.15, -0.1) is 6.58 Å². The minimum absolute atomic E-state index is 0.257. The van der Waals surface area contributed by atoms with Gasteiger partial charge in [0.2, 0.25) is 0 Å². The van der Waals surface area contributed by atoms with Crippen LogP contribution >= 0.6 is 0 Å². The molecule has 0 spiro atoms. The van der Waals surface area contributed by atoms with Crippen molar-refractivity contribution < 1.29 is 4.79 Å². The second-order valence-electron chi connectivity index (χ2n) is 2.78. The Labute approximate surface area is 68.8 Å². The first kappa shape index (κ1) is 10.2. The maximum Gasteiger partial charge on any atom is 0.130 e. The summed E-state index contributed by atoms with van der Waals surface area (Å²) in [4.78, 5) is 10.5. The zero-order valence-corrected chi connectivity index (χ0v) is 7.39. The van der Waals surface area contributed by atoms with Crippen LogP contribution in [-0.4, -0.2) is 5.78 Å². The topological polar surface area (TPSA) is 17.1 Å². The molecule has 62 valence electrons. The van der Waals surface area contributed by atoms with Gasteiger partial charge >= 0.3 is 0 Å². The molecule has 0 unspecified atom stereocenters. The van der Waals surface area contributed by atoms with Crippen molar-refractivity contribution in [3.8, 4) is 0 Å². The van der Waals surface area contributed by atoms with Crippen LogP contribution < -0.4 is 0 Å². The summed E-state index contributed by atoms with van der Waals surface area (Å²) >= 11 is 0. The van der Waals surface area contributed by atoms with Crippen LogP contribution in [0.25, 0.3) is 0 Å². The summed E-state index contributed by atoms with van der Waals surface area (Å²) in [5, 5.41) is 0. The summed E-state index contributed by atoms with van der Waals surface area (Å²) in [5.41, 5.74) is 1.29. The van der Waals surface area contributed by atoms with E-state index in [0.717, 1.165) is 12.8 Å². The standard InChI is InChI=1S/C10H16O/c1-4-6-9(2)7-5-8-10(3)11/h4,7H,1,5-6,8H2,2-3H3/b9-7-.